The fourth-order valence-corrected chi connectivity index (χ4v) is 1.08. The Morgan fingerprint density at radius 3 is 2.42 bits per heavy atom. The van der Waals surface area contributed by atoms with Crippen molar-refractivity contribution in [2.24, 2.45) is 11.7 Å². The molecule has 72 valence electrons. The molecule has 0 rings (SSSR count). The first-order chi connectivity index (χ1) is 5.63. The van der Waals surface area contributed by atoms with E-state index < -0.39 is 0 Å². The summed E-state index contributed by atoms with van der Waals surface area (Å²) >= 11 is 0. The summed E-state index contributed by atoms with van der Waals surface area (Å²) in [4.78, 5) is 0. The number of allylic oxidation sites excluding steroid dienone is 1. The zero-order valence-electron chi connectivity index (χ0n) is 8.13. The number of hydrogen-bond donors (Lipinski definition) is 2. The third-order valence-electron chi connectivity index (χ3n) is 1.71. The predicted octanol–water partition coefficient (Wildman–Crippen LogP) is 2.14. The molecule has 3 nitrogen and oxygen atoms in total. The van der Waals surface area contributed by atoms with Crippen LogP contribution in [-0.4, -0.2) is 11.8 Å². The van der Waals surface area contributed by atoms with Crippen LogP contribution in [0.2, 0.25) is 0 Å². The molecule has 0 spiro atoms. The van der Waals surface area contributed by atoms with Crippen molar-refractivity contribution in [2.75, 3.05) is 6.73 Å². The second-order valence-electron chi connectivity index (χ2n) is 3.05. The van der Waals surface area contributed by atoms with Crippen molar-refractivity contribution >= 4 is 0 Å². The minimum Gasteiger partial charge on any atom is -0.481 e. The van der Waals surface area contributed by atoms with Crippen LogP contribution in [0.1, 0.15) is 33.6 Å². The Morgan fingerprint density at radius 2 is 2.08 bits per heavy atom. The lowest BCUT2D eigenvalue weighted by Gasteiger charge is -2.12. The van der Waals surface area contributed by atoms with Crippen LogP contribution in [0, 0.1) is 5.92 Å². The van der Waals surface area contributed by atoms with Crippen molar-refractivity contribution in [3.05, 3.63) is 11.5 Å². The molecule has 0 saturated carbocycles. The van der Waals surface area contributed by atoms with E-state index in [0.29, 0.717) is 5.92 Å². The van der Waals surface area contributed by atoms with E-state index in [0.717, 1.165) is 18.4 Å². The third kappa shape index (κ3) is 3.62. The van der Waals surface area contributed by atoms with Crippen LogP contribution in [-0.2, 0) is 4.74 Å². The standard InChI is InChI=1S/C9H19NO2/c1-4-5-8(7(2)3)9(11)12-6-10/h7,11H,4-6,10H2,1-3H3/b9-8+. The van der Waals surface area contributed by atoms with Crippen molar-refractivity contribution in [3.8, 4) is 0 Å². The van der Waals surface area contributed by atoms with Gasteiger partial charge in [0.1, 0.15) is 6.73 Å². The molecule has 0 amide bonds. The predicted molar refractivity (Wildman–Crippen MR) is 49.5 cm³/mol. The van der Waals surface area contributed by atoms with Gasteiger partial charge in [0, 0.05) is 5.57 Å². The molecule has 0 bridgehead atoms. The van der Waals surface area contributed by atoms with Crippen LogP contribution < -0.4 is 5.73 Å². The highest BCUT2D eigenvalue weighted by Gasteiger charge is 2.09. The molecule has 0 radical (unpaired) electrons. The Labute approximate surface area is 74.2 Å². The summed E-state index contributed by atoms with van der Waals surface area (Å²) < 4.78 is 4.83. The monoisotopic (exact) mass is 173 g/mol. The van der Waals surface area contributed by atoms with Crippen LogP contribution in [0.15, 0.2) is 11.5 Å². The van der Waals surface area contributed by atoms with Gasteiger partial charge in [0.15, 0.2) is 0 Å². The Morgan fingerprint density at radius 1 is 1.50 bits per heavy atom. The van der Waals surface area contributed by atoms with Crippen LogP contribution in [0.4, 0.5) is 0 Å². The number of aliphatic hydroxyl groups is 1. The van der Waals surface area contributed by atoms with Gasteiger partial charge in [0.05, 0.1) is 0 Å². The average molecular weight is 173 g/mol. The van der Waals surface area contributed by atoms with E-state index in [2.05, 4.69) is 6.92 Å². The van der Waals surface area contributed by atoms with E-state index in [1.54, 1.807) is 0 Å². The maximum Gasteiger partial charge on any atom is 0.277 e. The van der Waals surface area contributed by atoms with Crippen molar-refractivity contribution in [1.82, 2.24) is 0 Å². The molecule has 3 N–H and O–H groups in total. The van der Waals surface area contributed by atoms with Crippen LogP contribution >= 0.6 is 0 Å². The largest absolute Gasteiger partial charge is 0.481 e. The number of nitrogens with two attached hydrogens (primary N) is 1. The molecular weight excluding hydrogens is 154 g/mol. The summed E-state index contributed by atoms with van der Waals surface area (Å²) in [5.74, 6) is 0.325. The quantitative estimate of drug-likeness (QED) is 0.494. The molecule has 0 atom stereocenters. The maximum absolute atomic E-state index is 9.39. The van der Waals surface area contributed by atoms with Gasteiger partial charge < -0.3 is 9.84 Å². The number of ether oxygens (including phenoxy) is 1. The van der Waals surface area contributed by atoms with Gasteiger partial charge in [-0.3, -0.25) is 5.73 Å². The first-order valence-corrected chi connectivity index (χ1v) is 4.38. The lowest BCUT2D eigenvalue weighted by atomic mass is 10.00. The van der Waals surface area contributed by atoms with Crippen LogP contribution in [0.5, 0.6) is 0 Å². The maximum atomic E-state index is 9.39. The fraction of sp³-hybridized carbons (Fsp3) is 0.778. The van der Waals surface area contributed by atoms with Crippen LogP contribution in [0.3, 0.4) is 0 Å². The van der Waals surface area contributed by atoms with Crippen molar-refractivity contribution in [1.29, 1.82) is 0 Å². The first kappa shape index (κ1) is 11.3. The highest BCUT2D eigenvalue weighted by molar-refractivity contribution is 5.05. The summed E-state index contributed by atoms with van der Waals surface area (Å²) in [7, 11) is 0. The molecular formula is C9H19NO2. The molecule has 3 heteroatoms. The summed E-state index contributed by atoms with van der Waals surface area (Å²) in [6, 6.07) is 0. The second-order valence-corrected chi connectivity index (χ2v) is 3.05. The minimum atomic E-state index is 0.00866. The van der Waals surface area contributed by atoms with E-state index in [-0.39, 0.29) is 12.7 Å². The van der Waals surface area contributed by atoms with E-state index in [1.165, 1.54) is 0 Å². The fourth-order valence-electron chi connectivity index (χ4n) is 1.08. The Balaban J connectivity index is 4.32. The SMILES string of the molecule is CCC/C(=C(/O)OCN)C(C)C. The second kappa shape index (κ2) is 5.89. The molecule has 0 fully saturated rings. The van der Waals surface area contributed by atoms with Gasteiger partial charge in [0.25, 0.3) is 5.95 Å². The third-order valence-corrected chi connectivity index (χ3v) is 1.71. The van der Waals surface area contributed by atoms with Gasteiger partial charge in [-0.05, 0) is 12.3 Å². The number of hydrogen-bond acceptors (Lipinski definition) is 3. The van der Waals surface area contributed by atoms with Crippen molar-refractivity contribution in [2.45, 2.75) is 33.6 Å². The first-order valence-electron chi connectivity index (χ1n) is 4.38. The molecule has 0 unspecified atom stereocenters. The molecule has 0 aliphatic carbocycles. The van der Waals surface area contributed by atoms with Gasteiger partial charge in [-0.1, -0.05) is 27.2 Å². The van der Waals surface area contributed by atoms with Crippen molar-refractivity contribution in [3.63, 3.8) is 0 Å². The number of rotatable bonds is 5. The molecule has 0 aromatic heterocycles. The molecule has 0 saturated heterocycles. The molecule has 0 heterocycles. The molecule has 0 aliphatic rings. The summed E-state index contributed by atoms with van der Waals surface area (Å²) in [5, 5.41) is 9.39. The van der Waals surface area contributed by atoms with Crippen LogP contribution in [0.25, 0.3) is 0 Å². The Hall–Kier alpha value is -0.700. The van der Waals surface area contributed by atoms with Gasteiger partial charge >= 0.3 is 0 Å². The lowest BCUT2D eigenvalue weighted by Crippen LogP contribution is -2.08. The zero-order chi connectivity index (χ0) is 9.56. The topological polar surface area (TPSA) is 55.5 Å². The summed E-state index contributed by atoms with van der Waals surface area (Å²) in [6.45, 7) is 6.16. The van der Waals surface area contributed by atoms with E-state index in [4.69, 9.17) is 10.5 Å². The molecule has 0 aromatic rings. The Bertz CT molecular complexity index is 153. The highest BCUT2D eigenvalue weighted by atomic mass is 16.6. The van der Waals surface area contributed by atoms with E-state index in [9.17, 15) is 5.11 Å². The highest BCUT2D eigenvalue weighted by Crippen LogP contribution is 2.19. The Kier molecular flexibility index (Phi) is 5.54. The molecule has 0 aliphatic heterocycles. The van der Waals surface area contributed by atoms with Gasteiger partial charge in [-0.15, -0.1) is 0 Å². The normalized spacial score (nSPS) is 13.1. The minimum absolute atomic E-state index is 0.00866. The average Bonchev–Trinajstić information content (AvgIpc) is 1.99. The van der Waals surface area contributed by atoms with E-state index in [1.807, 2.05) is 13.8 Å². The molecule has 12 heavy (non-hydrogen) atoms. The molecule has 0 aromatic carbocycles. The zero-order valence-corrected chi connectivity index (χ0v) is 8.13. The van der Waals surface area contributed by atoms with Gasteiger partial charge in [-0.2, -0.15) is 0 Å². The summed E-state index contributed by atoms with van der Waals surface area (Å²) in [5.41, 5.74) is 6.09. The van der Waals surface area contributed by atoms with Gasteiger partial charge in [0.2, 0.25) is 0 Å². The van der Waals surface area contributed by atoms with Crippen molar-refractivity contribution < 1.29 is 9.84 Å². The smallest absolute Gasteiger partial charge is 0.277 e. The van der Waals surface area contributed by atoms with E-state index >= 15 is 0 Å². The van der Waals surface area contributed by atoms with Gasteiger partial charge in [-0.25, -0.2) is 0 Å². The number of aliphatic hydroxyl groups excluding tert-OH is 1. The lowest BCUT2D eigenvalue weighted by molar-refractivity contribution is 0.0895. The summed E-state index contributed by atoms with van der Waals surface area (Å²) in [6.07, 6.45) is 1.87.